The SMILES string of the molecule is C=N/C(OC)=C(C(=C)C1CC1)/C(C)=N\C=C/C(=C)C. The highest BCUT2D eigenvalue weighted by atomic mass is 16.5. The predicted molar refractivity (Wildman–Crippen MR) is 82.5 cm³/mol. The van der Waals surface area contributed by atoms with Gasteiger partial charge in [-0.3, -0.25) is 4.99 Å². The lowest BCUT2D eigenvalue weighted by Crippen LogP contribution is -2.06. The molecule has 0 aromatic rings. The van der Waals surface area contributed by atoms with Gasteiger partial charge < -0.3 is 4.74 Å². The molecule has 1 saturated carbocycles. The van der Waals surface area contributed by atoms with Crippen LogP contribution in [0.15, 0.2) is 58.0 Å². The summed E-state index contributed by atoms with van der Waals surface area (Å²) in [5.41, 5.74) is 3.69. The van der Waals surface area contributed by atoms with Crippen LogP contribution in [0.25, 0.3) is 0 Å². The molecule has 1 fully saturated rings. The number of aliphatic imine (C=N–C) groups is 2. The van der Waals surface area contributed by atoms with E-state index < -0.39 is 0 Å². The largest absolute Gasteiger partial charge is 0.481 e. The Hall–Kier alpha value is -1.90. The Morgan fingerprint density at radius 3 is 2.32 bits per heavy atom. The average molecular weight is 258 g/mol. The van der Waals surface area contributed by atoms with E-state index in [1.165, 1.54) is 12.8 Å². The second-order valence-corrected chi connectivity index (χ2v) is 4.72. The van der Waals surface area contributed by atoms with E-state index in [1.54, 1.807) is 13.3 Å². The average Bonchev–Trinajstić information content (AvgIpc) is 3.18. The molecule has 0 N–H and O–H groups in total. The quantitative estimate of drug-likeness (QED) is 0.385. The van der Waals surface area contributed by atoms with Gasteiger partial charge in [0.1, 0.15) is 0 Å². The minimum Gasteiger partial charge on any atom is -0.481 e. The summed E-state index contributed by atoms with van der Waals surface area (Å²) in [4.78, 5) is 8.33. The van der Waals surface area contributed by atoms with Crippen LogP contribution in [0.5, 0.6) is 0 Å². The van der Waals surface area contributed by atoms with Gasteiger partial charge in [0.2, 0.25) is 5.88 Å². The molecule has 0 bridgehead atoms. The van der Waals surface area contributed by atoms with Crippen LogP contribution in [-0.2, 0) is 4.74 Å². The molecular weight excluding hydrogens is 236 g/mol. The number of hydrogen-bond acceptors (Lipinski definition) is 3. The highest BCUT2D eigenvalue weighted by Gasteiger charge is 2.29. The summed E-state index contributed by atoms with van der Waals surface area (Å²) in [7, 11) is 1.58. The molecule has 1 aliphatic carbocycles. The van der Waals surface area contributed by atoms with Crippen LogP contribution in [0.2, 0.25) is 0 Å². The normalized spacial score (nSPS) is 17.1. The molecule has 3 nitrogen and oxygen atoms in total. The molecule has 1 aliphatic rings. The fourth-order valence-electron chi connectivity index (χ4n) is 1.75. The molecule has 102 valence electrons. The Morgan fingerprint density at radius 1 is 1.26 bits per heavy atom. The number of ether oxygens (including phenoxy) is 1. The Labute approximate surface area is 115 Å². The Balaban J connectivity index is 3.09. The van der Waals surface area contributed by atoms with Crippen LogP contribution in [0.1, 0.15) is 26.7 Å². The van der Waals surface area contributed by atoms with Crippen LogP contribution >= 0.6 is 0 Å². The number of allylic oxidation sites excluding steroid dienone is 4. The maximum absolute atomic E-state index is 5.28. The first kappa shape index (κ1) is 15.2. The molecule has 0 aromatic heterocycles. The van der Waals surface area contributed by atoms with E-state index in [0.717, 1.165) is 22.4 Å². The third-order valence-electron chi connectivity index (χ3n) is 2.93. The molecule has 0 aliphatic heterocycles. The van der Waals surface area contributed by atoms with Crippen molar-refractivity contribution in [3.63, 3.8) is 0 Å². The van der Waals surface area contributed by atoms with Gasteiger partial charge in [0, 0.05) is 6.20 Å². The van der Waals surface area contributed by atoms with Crippen molar-refractivity contribution in [3.05, 3.63) is 48.0 Å². The maximum Gasteiger partial charge on any atom is 0.221 e. The molecule has 0 aromatic carbocycles. The lowest BCUT2D eigenvalue weighted by Gasteiger charge is -2.12. The summed E-state index contributed by atoms with van der Waals surface area (Å²) in [6, 6.07) is 0. The van der Waals surface area contributed by atoms with E-state index in [2.05, 4.69) is 29.9 Å². The van der Waals surface area contributed by atoms with E-state index in [9.17, 15) is 0 Å². The van der Waals surface area contributed by atoms with E-state index in [-0.39, 0.29) is 0 Å². The topological polar surface area (TPSA) is 34.0 Å². The predicted octanol–water partition coefficient (Wildman–Crippen LogP) is 4.06. The molecule has 19 heavy (non-hydrogen) atoms. The zero-order valence-corrected chi connectivity index (χ0v) is 12.1. The summed E-state index contributed by atoms with van der Waals surface area (Å²) in [5.74, 6) is 1.01. The van der Waals surface area contributed by atoms with E-state index >= 15 is 0 Å². The zero-order chi connectivity index (χ0) is 14.4. The third kappa shape index (κ3) is 4.36. The van der Waals surface area contributed by atoms with E-state index in [4.69, 9.17) is 4.74 Å². The first-order valence-corrected chi connectivity index (χ1v) is 6.32. The standard InChI is InChI=1S/C16H22N2O/c1-11(2)9-10-18-13(4)15(16(17-5)19-6)12(3)14-7-8-14/h9-10,14H,1,3,5,7-8H2,2,4,6H3/b10-9-,16-15-,18-13-. The zero-order valence-electron chi connectivity index (χ0n) is 12.1. The summed E-state index contributed by atoms with van der Waals surface area (Å²) < 4.78 is 5.28. The Morgan fingerprint density at radius 2 is 1.89 bits per heavy atom. The van der Waals surface area contributed by atoms with Crippen LogP contribution in [-0.4, -0.2) is 19.5 Å². The summed E-state index contributed by atoms with van der Waals surface area (Å²) >= 11 is 0. The molecule has 0 saturated heterocycles. The van der Waals surface area contributed by atoms with Crippen molar-refractivity contribution in [2.24, 2.45) is 15.9 Å². The van der Waals surface area contributed by atoms with E-state index in [1.807, 2.05) is 19.9 Å². The van der Waals surface area contributed by atoms with Crippen molar-refractivity contribution in [2.75, 3.05) is 7.11 Å². The number of methoxy groups -OCH3 is 1. The molecule has 0 spiro atoms. The lowest BCUT2D eigenvalue weighted by atomic mass is 10.00. The minimum absolute atomic E-state index is 0.488. The van der Waals surface area contributed by atoms with Crippen molar-refractivity contribution in [1.29, 1.82) is 0 Å². The lowest BCUT2D eigenvalue weighted by molar-refractivity contribution is 0.287. The molecule has 0 atom stereocenters. The number of rotatable bonds is 7. The van der Waals surface area contributed by atoms with E-state index in [0.29, 0.717) is 11.8 Å². The smallest absolute Gasteiger partial charge is 0.221 e. The first-order chi connectivity index (χ1) is 9.01. The molecular formula is C16H22N2O. The van der Waals surface area contributed by atoms with Crippen molar-refractivity contribution in [1.82, 2.24) is 0 Å². The molecule has 0 unspecified atom stereocenters. The fraction of sp³-hybridized carbons (Fsp3) is 0.375. The third-order valence-corrected chi connectivity index (χ3v) is 2.93. The molecule has 0 heterocycles. The van der Waals surface area contributed by atoms with Crippen molar-refractivity contribution in [2.45, 2.75) is 26.7 Å². The van der Waals surface area contributed by atoms with Crippen molar-refractivity contribution >= 4 is 12.4 Å². The molecule has 0 radical (unpaired) electrons. The Bertz CT molecular complexity index is 477. The van der Waals surface area contributed by atoms with Gasteiger partial charge in [-0.15, -0.1) is 0 Å². The fourth-order valence-corrected chi connectivity index (χ4v) is 1.75. The number of nitrogens with zero attached hydrogens (tertiary/aromatic N) is 2. The van der Waals surface area contributed by atoms with Gasteiger partial charge in [0.25, 0.3) is 0 Å². The van der Waals surface area contributed by atoms with Crippen LogP contribution in [0.4, 0.5) is 0 Å². The highest BCUT2D eigenvalue weighted by Crippen LogP contribution is 2.40. The molecule has 1 rings (SSSR count). The van der Waals surface area contributed by atoms with Gasteiger partial charge >= 0.3 is 0 Å². The second kappa shape index (κ2) is 6.88. The van der Waals surface area contributed by atoms with Crippen LogP contribution in [0.3, 0.4) is 0 Å². The van der Waals surface area contributed by atoms with Gasteiger partial charge in [-0.05, 0) is 51.0 Å². The molecule has 3 heteroatoms. The van der Waals surface area contributed by atoms with Crippen LogP contribution < -0.4 is 0 Å². The molecule has 0 amide bonds. The van der Waals surface area contributed by atoms with Gasteiger partial charge in [-0.25, -0.2) is 4.99 Å². The second-order valence-electron chi connectivity index (χ2n) is 4.72. The van der Waals surface area contributed by atoms with Gasteiger partial charge in [0.15, 0.2) is 0 Å². The highest BCUT2D eigenvalue weighted by molar-refractivity contribution is 6.03. The van der Waals surface area contributed by atoms with Crippen molar-refractivity contribution < 1.29 is 4.74 Å². The van der Waals surface area contributed by atoms with Crippen LogP contribution in [0, 0.1) is 5.92 Å². The summed E-state index contributed by atoms with van der Waals surface area (Å²) in [5, 5.41) is 0. The monoisotopic (exact) mass is 258 g/mol. The van der Waals surface area contributed by atoms with Crippen molar-refractivity contribution in [3.8, 4) is 0 Å². The van der Waals surface area contributed by atoms with Gasteiger partial charge in [0.05, 0.1) is 18.4 Å². The summed E-state index contributed by atoms with van der Waals surface area (Å²) in [6.45, 7) is 15.3. The maximum atomic E-state index is 5.28. The van der Waals surface area contributed by atoms with Gasteiger partial charge in [-0.1, -0.05) is 18.7 Å². The van der Waals surface area contributed by atoms with Gasteiger partial charge in [-0.2, -0.15) is 0 Å². The summed E-state index contributed by atoms with van der Waals surface area (Å²) in [6.07, 6.45) is 5.93. The first-order valence-electron chi connectivity index (χ1n) is 6.32. The Kier molecular flexibility index (Phi) is 5.49. The number of hydrogen-bond donors (Lipinski definition) is 0. The minimum atomic E-state index is 0.488.